The monoisotopic (exact) mass is 425 g/mol. The zero-order chi connectivity index (χ0) is 18.5. The summed E-state index contributed by atoms with van der Waals surface area (Å²) in [5.74, 6) is 2.21. The molecule has 0 aliphatic heterocycles. The summed E-state index contributed by atoms with van der Waals surface area (Å²) in [6, 6.07) is 7.68. The largest absolute Gasteiger partial charge is 0.369 e. The van der Waals surface area contributed by atoms with E-state index in [0.29, 0.717) is 5.16 Å². The van der Waals surface area contributed by atoms with Crippen molar-refractivity contribution in [1.82, 2.24) is 19.7 Å². The average Bonchev–Trinajstić information content (AvgIpc) is 3.22. The smallest absolute Gasteiger partial charge is 0.227 e. The molecule has 6 nitrogen and oxygen atoms in total. The van der Waals surface area contributed by atoms with Crippen LogP contribution in [0.15, 0.2) is 34.8 Å². The standard InChI is InChI=1S/C16H16ClN5OS3/c1-22-14(20-21-16(22)26-7-13(18)23)8-24-9-15-19-12(6-25-15)10-2-4-11(17)5-3-10/h2-6H,7-9H2,1H3,(H2,18,23). The van der Waals surface area contributed by atoms with Crippen LogP contribution >= 0.6 is 46.5 Å². The van der Waals surface area contributed by atoms with Crippen LogP contribution in [0.5, 0.6) is 0 Å². The van der Waals surface area contributed by atoms with Crippen molar-refractivity contribution in [3.8, 4) is 11.3 Å². The molecule has 0 atom stereocenters. The molecule has 0 radical (unpaired) electrons. The number of thiazole rings is 1. The van der Waals surface area contributed by atoms with Crippen LogP contribution in [-0.4, -0.2) is 31.4 Å². The number of aromatic nitrogens is 4. The lowest BCUT2D eigenvalue weighted by Gasteiger charge is -2.02. The number of halogens is 1. The Bertz CT molecular complexity index is 894. The highest BCUT2D eigenvalue weighted by Gasteiger charge is 2.11. The first kappa shape index (κ1) is 19.2. The van der Waals surface area contributed by atoms with Gasteiger partial charge in [-0.25, -0.2) is 4.98 Å². The first-order chi connectivity index (χ1) is 12.5. The van der Waals surface area contributed by atoms with Gasteiger partial charge < -0.3 is 10.3 Å². The molecule has 3 aromatic rings. The third kappa shape index (κ3) is 5.00. The van der Waals surface area contributed by atoms with Gasteiger partial charge >= 0.3 is 0 Å². The number of hydrogen-bond acceptors (Lipinski definition) is 7. The Morgan fingerprint density at radius 1 is 1.27 bits per heavy atom. The number of benzene rings is 1. The van der Waals surface area contributed by atoms with Gasteiger partial charge in [-0.05, 0) is 12.1 Å². The van der Waals surface area contributed by atoms with E-state index in [9.17, 15) is 4.79 Å². The molecule has 0 aliphatic rings. The van der Waals surface area contributed by atoms with Gasteiger partial charge in [-0.15, -0.1) is 33.3 Å². The lowest BCUT2D eigenvalue weighted by atomic mass is 10.2. The highest BCUT2D eigenvalue weighted by molar-refractivity contribution is 7.99. The van der Waals surface area contributed by atoms with Crippen LogP contribution in [0.4, 0.5) is 0 Å². The van der Waals surface area contributed by atoms with Crippen LogP contribution in [0, 0.1) is 0 Å². The molecule has 2 aromatic heterocycles. The predicted octanol–water partition coefficient (Wildman–Crippen LogP) is 3.60. The molecule has 136 valence electrons. The molecule has 1 amide bonds. The van der Waals surface area contributed by atoms with Crippen molar-refractivity contribution in [3.63, 3.8) is 0 Å². The van der Waals surface area contributed by atoms with Crippen molar-refractivity contribution in [1.29, 1.82) is 0 Å². The summed E-state index contributed by atoms with van der Waals surface area (Å²) in [7, 11) is 1.89. The van der Waals surface area contributed by atoms with Gasteiger partial charge in [-0.3, -0.25) is 4.79 Å². The first-order valence-corrected chi connectivity index (χ1v) is 11.0. The number of rotatable bonds is 8. The third-order valence-corrected chi connectivity index (χ3v) is 6.68. The van der Waals surface area contributed by atoms with E-state index < -0.39 is 0 Å². The molecule has 10 heteroatoms. The number of thioether (sulfide) groups is 2. The quantitative estimate of drug-likeness (QED) is 0.555. The minimum atomic E-state index is -0.366. The van der Waals surface area contributed by atoms with Gasteiger partial charge in [-0.2, -0.15) is 0 Å². The van der Waals surface area contributed by atoms with Crippen molar-refractivity contribution >= 4 is 52.4 Å². The van der Waals surface area contributed by atoms with Crippen LogP contribution in [0.3, 0.4) is 0 Å². The second-order valence-electron chi connectivity index (χ2n) is 5.34. The predicted molar refractivity (Wildman–Crippen MR) is 108 cm³/mol. The molecular weight excluding hydrogens is 410 g/mol. The molecule has 0 saturated heterocycles. The van der Waals surface area contributed by atoms with E-state index >= 15 is 0 Å². The Kier molecular flexibility index (Phi) is 6.58. The number of carbonyl (C=O) groups excluding carboxylic acids is 1. The Balaban J connectivity index is 1.54. The van der Waals surface area contributed by atoms with Gasteiger partial charge in [0.25, 0.3) is 0 Å². The van der Waals surface area contributed by atoms with Gasteiger partial charge in [-0.1, -0.05) is 35.5 Å². The highest BCUT2D eigenvalue weighted by Crippen LogP contribution is 2.26. The van der Waals surface area contributed by atoms with Crippen molar-refractivity contribution in [3.05, 3.63) is 45.5 Å². The van der Waals surface area contributed by atoms with Crippen molar-refractivity contribution in [2.45, 2.75) is 16.7 Å². The number of hydrogen-bond donors (Lipinski definition) is 1. The van der Waals surface area contributed by atoms with Gasteiger partial charge in [0.2, 0.25) is 5.91 Å². The summed E-state index contributed by atoms with van der Waals surface area (Å²) in [6.45, 7) is 0. The van der Waals surface area contributed by atoms with E-state index in [4.69, 9.17) is 17.3 Å². The number of amides is 1. The SMILES string of the molecule is Cn1c(CSCc2nc(-c3ccc(Cl)cc3)cs2)nnc1SCC(N)=O. The summed E-state index contributed by atoms with van der Waals surface area (Å²) < 4.78 is 1.89. The minimum absolute atomic E-state index is 0.200. The van der Waals surface area contributed by atoms with Gasteiger partial charge in [0.15, 0.2) is 5.16 Å². The highest BCUT2D eigenvalue weighted by atomic mass is 35.5. The molecule has 0 spiro atoms. The molecule has 0 aliphatic carbocycles. The molecule has 0 unspecified atom stereocenters. The minimum Gasteiger partial charge on any atom is -0.369 e. The Morgan fingerprint density at radius 3 is 2.77 bits per heavy atom. The maximum Gasteiger partial charge on any atom is 0.227 e. The summed E-state index contributed by atoms with van der Waals surface area (Å²) in [5, 5.41) is 12.8. The number of primary amides is 1. The van der Waals surface area contributed by atoms with E-state index in [-0.39, 0.29) is 11.7 Å². The van der Waals surface area contributed by atoms with E-state index in [1.807, 2.05) is 35.9 Å². The molecule has 0 fully saturated rings. The lowest BCUT2D eigenvalue weighted by Crippen LogP contribution is -2.13. The summed E-state index contributed by atoms with van der Waals surface area (Å²) in [5.41, 5.74) is 7.18. The van der Waals surface area contributed by atoms with E-state index in [1.54, 1.807) is 23.1 Å². The van der Waals surface area contributed by atoms with Gasteiger partial charge in [0, 0.05) is 28.8 Å². The Hall–Kier alpha value is -1.55. The molecule has 1 aromatic carbocycles. The van der Waals surface area contributed by atoms with Crippen molar-refractivity contribution in [2.24, 2.45) is 12.8 Å². The third-order valence-electron chi connectivity index (χ3n) is 3.42. The molecule has 0 saturated carbocycles. The van der Waals surface area contributed by atoms with Crippen LogP contribution in [0.1, 0.15) is 10.8 Å². The molecule has 26 heavy (non-hydrogen) atoms. The second kappa shape index (κ2) is 8.90. The van der Waals surface area contributed by atoms with E-state index in [2.05, 4.69) is 20.6 Å². The fraction of sp³-hybridized carbons (Fsp3) is 0.250. The Labute approximate surface area is 168 Å². The van der Waals surface area contributed by atoms with Gasteiger partial charge in [0.05, 0.1) is 17.2 Å². The fourth-order valence-electron chi connectivity index (χ4n) is 2.09. The van der Waals surface area contributed by atoms with E-state index in [0.717, 1.165) is 38.6 Å². The molecule has 2 heterocycles. The second-order valence-corrected chi connectivity index (χ2v) is 8.65. The molecule has 0 bridgehead atoms. The van der Waals surface area contributed by atoms with Crippen LogP contribution < -0.4 is 5.73 Å². The van der Waals surface area contributed by atoms with Crippen molar-refractivity contribution < 1.29 is 4.79 Å². The topological polar surface area (TPSA) is 86.7 Å². The zero-order valence-corrected chi connectivity index (χ0v) is 17.1. The van der Waals surface area contributed by atoms with Crippen LogP contribution in [0.2, 0.25) is 5.02 Å². The summed E-state index contributed by atoms with van der Waals surface area (Å²) in [4.78, 5) is 15.5. The van der Waals surface area contributed by atoms with Crippen LogP contribution in [0.25, 0.3) is 11.3 Å². The fourth-order valence-corrected chi connectivity index (χ4v) is 4.77. The first-order valence-electron chi connectivity index (χ1n) is 7.60. The lowest BCUT2D eigenvalue weighted by molar-refractivity contribution is -0.115. The van der Waals surface area contributed by atoms with Crippen molar-refractivity contribution in [2.75, 3.05) is 5.75 Å². The maximum absolute atomic E-state index is 10.9. The van der Waals surface area contributed by atoms with Gasteiger partial charge in [0.1, 0.15) is 10.8 Å². The van der Waals surface area contributed by atoms with E-state index in [1.165, 1.54) is 11.8 Å². The Morgan fingerprint density at radius 2 is 2.04 bits per heavy atom. The summed E-state index contributed by atoms with van der Waals surface area (Å²) >= 11 is 10.6. The maximum atomic E-state index is 10.9. The number of nitrogens with zero attached hydrogens (tertiary/aromatic N) is 4. The number of nitrogens with two attached hydrogens (primary N) is 1. The average molecular weight is 426 g/mol. The summed E-state index contributed by atoms with van der Waals surface area (Å²) in [6.07, 6.45) is 0. The van der Waals surface area contributed by atoms with Crippen LogP contribution in [-0.2, 0) is 23.3 Å². The number of carbonyl (C=O) groups is 1. The molecule has 2 N–H and O–H groups in total. The zero-order valence-electron chi connectivity index (χ0n) is 13.9. The molecule has 3 rings (SSSR count). The molecular formula is C16H16ClN5OS3. The normalized spacial score (nSPS) is 11.0.